The van der Waals surface area contributed by atoms with Crippen LogP contribution in [0.3, 0.4) is 0 Å². The van der Waals surface area contributed by atoms with Crippen LogP contribution < -0.4 is 5.73 Å². The molecule has 0 saturated heterocycles. The molecule has 0 bridgehead atoms. The summed E-state index contributed by atoms with van der Waals surface area (Å²) in [7, 11) is 0. The molecule has 0 rings (SSSR count). The first-order valence-electron chi connectivity index (χ1n) is 10.4. The van der Waals surface area contributed by atoms with Gasteiger partial charge in [-0.05, 0) is 32.1 Å². The summed E-state index contributed by atoms with van der Waals surface area (Å²) in [5, 5.41) is 18.6. The largest absolute Gasteiger partial charge is 0.394 e. The van der Waals surface area contributed by atoms with E-state index in [1.807, 2.05) is 0 Å². The number of carbonyl (C=O) groups is 2. The Labute approximate surface area is 164 Å². The van der Waals surface area contributed by atoms with E-state index in [-0.39, 0.29) is 12.5 Å². The number of unbranched alkanes of at least 4 members (excludes halogenated alkanes) is 8. The van der Waals surface area contributed by atoms with Crippen LogP contribution in [0.15, 0.2) is 12.2 Å². The summed E-state index contributed by atoms with van der Waals surface area (Å²) >= 11 is 0. The number of aliphatic hydroxyl groups excluding tert-OH is 2. The van der Waals surface area contributed by atoms with Crippen LogP contribution in [0.5, 0.6) is 0 Å². The molecule has 6 heteroatoms. The number of hydrogen-bond acceptors (Lipinski definition) is 6. The van der Waals surface area contributed by atoms with Crippen molar-refractivity contribution < 1.29 is 24.5 Å². The van der Waals surface area contributed by atoms with Crippen molar-refractivity contribution in [3.05, 3.63) is 12.2 Å². The second kappa shape index (κ2) is 18.1. The van der Waals surface area contributed by atoms with Gasteiger partial charge in [0.1, 0.15) is 6.04 Å². The molecule has 0 aromatic heterocycles. The average molecular weight is 386 g/mol. The van der Waals surface area contributed by atoms with Crippen molar-refractivity contribution in [1.29, 1.82) is 0 Å². The molecule has 0 aromatic rings. The minimum atomic E-state index is -1.15. The Morgan fingerprint density at radius 2 is 1.67 bits per heavy atom. The van der Waals surface area contributed by atoms with Crippen molar-refractivity contribution in [3.63, 3.8) is 0 Å². The van der Waals surface area contributed by atoms with Gasteiger partial charge in [-0.15, -0.1) is 0 Å². The Hall–Kier alpha value is -1.24. The van der Waals surface area contributed by atoms with Crippen molar-refractivity contribution in [3.8, 4) is 0 Å². The van der Waals surface area contributed by atoms with Crippen molar-refractivity contribution in [2.24, 2.45) is 5.73 Å². The van der Waals surface area contributed by atoms with Gasteiger partial charge in [0.15, 0.2) is 0 Å². The molecule has 0 aliphatic carbocycles. The van der Waals surface area contributed by atoms with E-state index in [1.54, 1.807) is 0 Å². The molecule has 0 aliphatic rings. The first kappa shape index (κ1) is 25.8. The van der Waals surface area contributed by atoms with E-state index < -0.39 is 24.6 Å². The topological polar surface area (TPSA) is 110 Å². The molecular formula is C21H39NO5. The molecule has 2 atom stereocenters. The molecule has 158 valence electrons. The fraction of sp³-hybridized carbons (Fsp3) is 0.810. The third kappa shape index (κ3) is 16.6. The van der Waals surface area contributed by atoms with Crippen LogP contribution in [0, 0.1) is 0 Å². The smallest absolute Gasteiger partial charge is 0.332 e. The van der Waals surface area contributed by atoms with E-state index in [0.717, 1.165) is 51.4 Å². The Kier molecular flexibility index (Phi) is 17.3. The molecule has 0 amide bonds. The fourth-order valence-corrected chi connectivity index (χ4v) is 2.67. The monoisotopic (exact) mass is 385 g/mol. The second-order valence-corrected chi connectivity index (χ2v) is 7.10. The van der Waals surface area contributed by atoms with Gasteiger partial charge in [-0.2, -0.15) is 0 Å². The molecule has 0 saturated carbocycles. The lowest BCUT2D eigenvalue weighted by molar-refractivity contribution is -0.161. The van der Waals surface area contributed by atoms with Gasteiger partial charge in [0.2, 0.25) is 0 Å². The zero-order valence-electron chi connectivity index (χ0n) is 16.9. The molecule has 6 nitrogen and oxygen atoms in total. The third-order valence-electron chi connectivity index (χ3n) is 4.43. The summed E-state index contributed by atoms with van der Waals surface area (Å²) in [5.74, 6) is -1.46. The molecule has 0 fully saturated rings. The highest BCUT2D eigenvalue weighted by atomic mass is 16.6. The van der Waals surface area contributed by atoms with E-state index in [0.29, 0.717) is 6.42 Å². The predicted octanol–water partition coefficient (Wildman–Crippen LogP) is 3.38. The van der Waals surface area contributed by atoms with Crippen LogP contribution in [0.2, 0.25) is 0 Å². The van der Waals surface area contributed by atoms with Crippen molar-refractivity contribution in [2.45, 2.75) is 103 Å². The van der Waals surface area contributed by atoms with Gasteiger partial charge in [0, 0.05) is 6.42 Å². The lowest BCUT2D eigenvalue weighted by Crippen LogP contribution is -2.36. The zero-order chi connectivity index (χ0) is 20.3. The number of rotatable bonds is 17. The fourth-order valence-electron chi connectivity index (χ4n) is 2.67. The maximum Gasteiger partial charge on any atom is 0.332 e. The molecule has 0 unspecified atom stereocenters. The molecule has 4 N–H and O–H groups in total. The van der Waals surface area contributed by atoms with Crippen molar-refractivity contribution >= 4 is 11.9 Å². The minimum Gasteiger partial charge on any atom is -0.394 e. The van der Waals surface area contributed by atoms with Gasteiger partial charge >= 0.3 is 11.9 Å². The number of esters is 2. The highest BCUT2D eigenvalue weighted by Crippen LogP contribution is 2.10. The van der Waals surface area contributed by atoms with E-state index in [1.165, 1.54) is 19.3 Å². The highest BCUT2D eigenvalue weighted by Gasteiger charge is 2.17. The quantitative estimate of drug-likeness (QED) is 0.153. The number of carbonyl (C=O) groups excluding carboxylic acids is 2. The summed E-state index contributed by atoms with van der Waals surface area (Å²) in [6.45, 7) is 1.66. The second-order valence-electron chi connectivity index (χ2n) is 7.10. The van der Waals surface area contributed by atoms with Gasteiger partial charge in [0.05, 0.1) is 12.7 Å². The lowest BCUT2D eigenvalue weighted by atomic mass is 10.1. The van der Waals surface area contributed by atoms with Crippen molar-refractivity contribution in [1.82, 2.24) is 0 Å². The van der Waals surface area contributed by atoms with E-state index in [4.69, 9.17) is 10.8 Å². The Morgan fingerprint density at radius 1 is 1.00 bits per heavy atom. The van der Waals surface area contributed by atoms with Crippen molar-refractivity contribution in [2.75, 3.05) is 6.61 Å². The van der Waals surface area contributed by atoms with Crippen LogP contribution in [-0.2, 0) is 14.3 Å². The Morgan fingerprint density at radius 3 is 2.37 bits per heavy atom. The van der Waals surface area contributed by atoms with Crippen LogP contribution in [0.25, 0.3) is 0 Å². The average Bonchev–Trinajstić information content (AvgIpc) is 2.65. The standard InChI is InChI=1S/C21H39NO5/c1-2-3-4-11-14-18(24)15-12-9-7-5-6-8-10-13-16-20(25)27-21(26)19(22)17-23/h9,12,18-19,23-24H,2-8,10-11,13-17,22H2,1H3/b12-9-/t18-,19+/m1/s1. The van der Waals surface area contributed by atoms with E-state index in [2.05, 4.69) is 23.8 Å². The first-order chi connectivity index (χ1) is 13.0. The highest BCUT2D eigenvalue weighted by molar-refractivity contribution is 5.88. The normalized spacial score (nSPS) is 13.6. The summed E-state index contributed by atoms with van der Waals surface area (Å²) in [6.07, 6.45) is 16.5. The van der Waals surface area contributed by atoms with Gasteiger partial charge in [-0.25, -0.2) is 4.79 Å². The van der Waals surface area contributed by atoms with Crippen LogP contribution in [0.1, 0.15) is 90.4 Å². The summed E-state index contributed by atoms with van der Waals surface area (Å²) in [5.41, 5.74) is 5.26. The lowest BCUT2D eigenvalue weighted by Gasteiger charge is -2.07. The number of hydrogen-bond donors (Lipinski definition) is 3. The molecule has 0 radical (unpaired) electrons. The molecular weight excluding hydrogens is 346 g/mol. The number of aliphatic hydroxyl groups is 2. The van der Waals surface area contributed by atoms with Crippen LogP contribution in [-0.4, -0.2) is 40.9 Å². The summed E-state index contributed by atoms with van der Waals surface area (Å²) in [4.78, 5) is 22.6. The maximum absolute atomic E-state index is 11.4. The molecule has 0 heterocycles. The molecule has 27 heavy (non-hydrogen) atoms. The minimum absolute atomic E-state index is 0.194. The predicted molar refractivity (Wildman–Crippen MR) is 107 cm³/mol. The van der Waals surface area contributed by atoms with Gasteiger partial charge in [-0.3, -0.25) is 4.79 Å². The Balaban J connectivity index is 3.46. The summed E-state index contributed by atoms with van der Waals surface area (Å²) < 4.78 is 4.54. The zero-order valence-corrected chi connectivity index (χ0v) is 16.9. The van der Waals surface area contributed by atoms with E-state index >= 15 is 0 Å². The number of allylic oxidation sites excluding steroid dienone is 1. The molecule has 0 aliphatic heterocycles. The molecule has 0 spiro atoms. The van der Waals surface area contributed by atoms with Gasteiger partial charge in [0.25, 0.3) is 0 Å². The van der Waals surface area contributed by atoms with Gasteiger partial charge < -0.3 is 20.7 Å². The maximum atomic E-state index is 11.4. The van der Waals surface area contributed by atoms with E-state index in [9.17, 15) is 14.7 Å². The van der Waals surface area contributed by atoms with Gasteiger partial charge in [-0.1, -0.05) is 64.0 Å². The van der Waals surface area contributed by atoms with Crippen LogP contribution in [0.4, 0.5) is 0 Å². The van der Waals surface area contributed by atoms with Crippen LogP contribution >= 0.6 is 0 Å². The number of nitrogens with two attached hydrogens (primary N) is 1. The molecule has 0 aromatic carbocycles. The number of ether oxygens (including phenoxy) is 1. The SMILES string of the molecule is CCCCCC[C@@H](O)C/C=C\CCCCCCCC(=O)OC(=O)[C@@H](N)CO. The summed E-state index contributed by atoms with van der Waals surface area (Å²) in [6, 6.07) is -1.15. The Bertz CT molecular complexity index is 411. The third-order valence-corrected chi connectivity index (χ3v) is 4.43. The first-order valence-corrected chi connectivity index (χ1v) is 10.4.